The molecule has 7 heteroatoms. The quantitative estimate of drug-likeness (QED) is 0.438. The molecule has 0 amide bonds. The van der Waals surface area contributed by atoms with Gasteiger partial charge in [0, 0.05) is 12.6 Å². The van der Waals surface area contributed by atoms with Crippen LogP contribution in [0.3, 0.4) is 0 Å². The van der Waals surface area contributed by atoms with Gasteiger partial charge in [0.2, 0.25) is 0 Å². The average Bonchev–Trinajstić information content (AvgIpc) is 2.37. The normalized spacial score (nSPS) is 10.3. The molecule has 0 radical (unpaired) electrons. The predicted octanol–water partition coefficient (Wildman–Crippen LogP) is 1.21. The lowest BCUT2D eigenvalue weighted by molar-refractivity contribution is -0.385. The van der Waals surface area contributed by atoms with E-state index in [1.165, 1.54) is 26.4 Å². The number of ether oxygens (including phenoxy) is 2. The average molecular weight is 268 g/mol. The van der Waals surface area contributed by atoms with Crippen LogP contribution < -0.4 is 4.74 Å². The molecule has 0 heterocycles. The molecule has 0 saturated carbocycles. The molecule has 0 aromatic heterocycles. The van der Waals surface area contributed by atoms with Gasteiger partial charge in [0.15, 0.2) is 0 Å². The Labute approximate surface area is 110 Å². The van der Waals surface area contributed by atoms with Crippen LogP contribution in [0.2, 0.25) is 0 Å². The second-order valence-electron chi connectivity index (χ2n) is 4.04. The molecule has 104 valence electrons. The van der Waals surface area contributed by atoms with Crippen molar-refractivity contribution in [1.29, 1.82) is 0 Å². The summed E-state index contributed by atoms with van der Waals surface area (Å²) in [6.07, 6.45) is 0. The Hall–Kier alpha value is -2.15. The summed E-state index contributed by atoms with van der Waals surface area (Å²) in [5, 5.41) is 10.8. The van der Waals surface area contributed by atoms with Gasteiger partial charge in [0.25, 0.3) is 5.69 Å². The molecule has 19 heavy (non-hydrogen) atoms. The first-order valence-corrected chi connectivity index (χ1v) is 5.54. The van der Waals surface area contributed by atoms with Crippen LogP contribution in [0.1, 0.15) is 5.56 Å². The number of rotatable bonds is 6. The van der Waals surface area contributed by atoms with Gasteiger partial charge in [-0.05, 0) is 18.7 Å². The Morgan fingerprint density at radius 3 is 2.58 bits per heavy atom. The molecule has 0 unspecified atom stereocenters. The maximum atomic E-state index is 11.1. The molecule has 0 aliphatic rings. The van der Waals surface area contributed by atoms with Crippen molar-refractivity contribution in [3.8, 4) is 5.75 Å². The lowest BCUT2D eigenvalue weighted by Crippen LogP contribution is -2.26. The minimum atomic E-state index is -0.480. The number of hydrogen-bond acceptors (Lipinski definition) is 6. The molecule has 0 aliphatic heterocycles. The van der Waals surface area contributed by atoms with Crippen molar-refractivity contribution in [2.45, 2.75) is 6.54 Å². The van der Waals surface area contributed by atoms with Crippen molar-refractivity contribution in [1.82, 2.24) is 4.90 Å². The summed E-state index contributed by atoms with van der Waals surface area (Å²) in [6, 6.07) is 4.50. The summed E-state index contributed by atoms with van der Waals surface area (Å²) < 4.78 is 9.57. The van der Waals surface area contributed by atoms with E-state index >= 15 is 0 Å². The molecular formula is C12H16N2O5. The van der Waals surface area contributed by atoms with Gasteiger partial charge in [-0.3, -0.25) is 19.8 Å². The number of carbonyl (C=O) groups excluding carboxylic acids is 1. The number of methoxy groups -OCH3 is 2. The van der Waals surface area contributed by atoms with Crippen LogP contribution in [0.4, 0.5) is 5.69 Å². The molecule has 1 aromatic carbocycles. The molecule has 0 aliphatic carbocycles. The molecule has 7 nitrogen and oxygen atoms in total. The Morgan fingerprint density at radius 2 is 2.05 bits per heavy atom. The zero-order valence-electron chi connectivity index (χ0n) is 11.1. The molecule has 1 rings (SSSR count). The van der Waals surface area contributed by atoms with Crippen LogP contribution in [0, 0.1) is 10.1 Å². The highest BCUT2D eigenvalue weighted by Crippen LogP contribution is 2.23. The fraction of sp³-hybridized carbons (Fsp3) is 0.417. The zero-order valence-corrected chi connectivity index (χ0v) is 11.1. The summed E-state index contributed by atoms with van der Waals surface area (Å²) in [5.41, 5.74) is 0.651. The summed E-state index contributed by atoms with van der Waals surface area (Å²) in [5.74, 6) is 0.0514. The molecule has 0 spiro atoms. The zero-order chi connectivity index (χ0) is 14.4. The first kappa shape index (κ1) is 14.9. The maximum Gasteiger partial charge on any atom is 0.319 e. The minimum absolute atomic E-state index is 0.0409. The van der Waals surface area contributed by atoms with Gasteiger partial charge < -0.3 is 9.47 Å². The lowest BCUT2D eigenvalue weighted by atomic mass is 10.2. The van der Waals surface area contributed by atoms with Crippen LogP contribution in [-0.4, -0.2) is 43.6 Å². The third-order valence-corrected chi connectivity index (χ3v) is 2.48. The van der Waals surface area contributed by atoms with Gasteiger partial charge in [-0.2, -0.15) is 0 Å². The molecule has 0 atom stereocenters. The SMILES string of the molecule is COC(=O)CN(C)Cc1cc(OC)cc([N+](=O)[O-])c1. The number of hydrogen-bond donors (Lipinski definition) is 0. The van der Waals surface area contributed by atoms with E-state index in [-0.39, 0.29) is 18.2 Å². The number of non-ortho nitro benzene ring substituents is 1. The summed E-state index contributed by atoms with van der Waals surface area (Å²) in [7, 11) is 4.48. The van der Waals surface area contributed by atoms with Gasteiger partial charge in [0.05, 0.1) is 31.8 Å². The Morgan fingerprint density at radius 1 is 1.37 bits per heavy atom. The largest absolute Gasteiger partial charge is 0.496 e. The Bertz CT molecular complexity index is 475. The van der Waals surface area contributed by atoms with Crippen molar-refractivity contribution in [3.63, 3.8) is 0 Å². The van der Waals surface area contributed by atoms with E-state index in [1.807, 2.05) is 0 Å². The van der Waals surface area contributed by atoms with Gasteiger partial charge in [-0.1, -0.05) is 0 Å². The van der Waals surface area contributed by atoms with Crippen molar-refractivity contribution in [2.75, 3.05) is 27.8 Å². The van der Waals surface area contributed by atoms with E-state index in [2.05, 4.69) is 4.74 Å². The lowest BCUT2D eigenvalue weighted by Gasteiger charge is -2.15. The smallest absolute Gasteiger partial charge is 0.319 e. The van der Waals surface area contributed by atoms with E-state index in [1.54, 1.807) is 18.0 Å². The number of esters is 1. The van der Waals surface area contributed by atoms with Gasteiger partial charge in [-0.15, -0.1) is 0 Å². The minimum Gasteiger partial charge on any atom is -0.496 e. The highest BCUT2D eigenvalue weighted by atomic mass is 16.6. The van der Waals surface area contributed by atoms with Crippen LogP contribution in [0.25, 0.3) is 0 Å². The van der Waals surface area contributed by atoms with E-state index in [0.717, 1.165) is 0 Å². The molecule has 1 aromatic rings. The number of nitro benzene ring substituents is 1. The van der Waals surface area contributed by atoms with Crippen LogP contribution in [0.5, 0.6) is 5.75 Å². The van der Waals surface area contributed by atoms with Crippen LogP contribution in [-0.2, 0) is 16.1 Å². The van der Waals surface area contributed by atoms with Gasteiger partial charge in [0.1, 0.15) is 5.75 Å². The van der Waals surface area contributed by atoms with Crippen molar-refractivity contribution >= 4 is 11.7 Å². The third kappa shape index (κ3) is 4.55. The highest BCUT2D eigenvalue weighted by Gasteiger charge is 2.13. The summed E-state index contributed by atoms with van der Waals surface area (Å²) in [6.45, 7) is 0.495. The standard InChI is InChI=1S/C12H16N2O5/c1-13(8-12(15)19-3)7-9-4-10(14(16)17)6-11(5-9)18-2/h4-6H,7-8H2,1-3H3. The summed E-state index contributed by atoms with van der Waals surface area (Å²) >= 11 is 0. The molecule has 0 saturated heterocycles. The molecule has 0 fully saturated rings. The Balaban J connectivity index is 2.85. The molecule has 0 N–H and O–H groups in total. The topological polar surface area (TPSA) is 81.9 Å². The molecular weight excluding hydrogens is 252 g/mol. The second-order valence-corrected chi connectivity index (χ2v) is 4.04. The highest BCUT2D eigenvalue weighted by molar-refractivity contribution is 5.71. The second kappa shape index (κ2) is 6.69. The van der Waals surface area contributed by atoms with E-state index in [4.69, 9.17) is 4.74 Å². The number of likely N-dealkylation sites (N-methyl/N-ethyl adjacent to an activating group) is 1. The predicted molar refractivity (Wildman–Crippen MR) is 68.0 cm³/mol. The number of carbonyl (C=O) groups is 1. The van der Waals surface area contributed by atoms with Crippen molar-refractivity contribution < 1.29 is 19.2 Å². The first-order chi connectivity index (χ1) is 8.96. The Kier molecular flexibility index (Phi) is 5.25. The van der Waals surface area contributed by atoms with Crippen LogP contribution >= 0.6 is 0 Å². The van der Waals surface area contributed by atoms with Gasteiger partial charge >= 0.3 is 5.97 Å². The monoisotopic (exact) mass is 268 g/mol. The van der Waals surface area contributed by atoms with E-state index < -0.39 is 4.92 Å². The van der Waals surface area contributed by atoms with Crippen molar-refractivity contribution in [2.24, 2.45) is 0 Å². The molecule has 0 bridgehead atoms. The number of nitrogens with zero attached hydrogens (tertiary/aromatic N) is 2. The van der Waals surface area contributed by atoms with E-state index in [0.29, 0.717) is 17.9 Å². The first-order valence-electron chi connectivity index (χ1n) is 5.54. The fourth-order valence-electron chi connectivity index (χ4n) is 1.61. The fourth-order valence-corrected chi connectivity index (χ4v) is 1.61. The third-order valence-electron chi connectivity index (χ3n) is 2.48. The summed E-state index contributed by atoms with van der Waals surface area (Å²) in [4.78, 5) is 23.1. The van der Waals surface area contributed by atoms with E-state index in [9.17, 15) is 14.9 Å². The number of benzene rings is 1. The van der Waals surface area contributed by atoms with Crippen LogP contribution in [0.15, 0.2) is 18.2 Å². The van der Waals surface area contributed by atoms with Crippen molar-refractivity contribution in [3.05, 3.63) is 33.9 Å². The maximum absolute atomic E-state index is 11.1. The number of nitro groups is 1. The van der Waals surface area contributed by atoms with Gasteiger partial charge in [-0.25, -0.2) is 0 Å².